The van der Waals surface area contributed by atoms with E-state index in [0.29, 0.717) is 23.6 Å². The van der Waals surface area contributed by atoms with Crippen LogP contribution in [0.4, 0.5) is 0 Å². The molecule has 5 nitrogen and oxygen atoms in total. The first-order chi connectivity index (χ1) is 10.2. The first-order valence-electron chi connectivity index (χ1n) is 6.25. The Kier molecular flexibility index (Phi) is 5.00. The van der Waals surface area contributed by atoms with Crippen LogP contribution in [0.5, 0.6) is 11.5 Å². The highest BCUT2D eigenvalue weighted by molar-refractivity contribution is 6.32. The number of pyridine rings is 1. The van der Waals surface area contributed by atoms with Crippen molar-refractivity contribution in [2.24, 2.45) is 0 Å². The van der Waals surface area contributed by atoms with E-state index in [1.54, 1.807) is 32.4 Å². The van der Waals surface area contributed by atoms with Crippen molar-refractivity contribution >= 4 is 17.5 Å². The number of aromatic nitrogens is 1. The number of carbonyl (C=O) groups excluding carboxylic acids is 1. The van der Waals surface area contributed by atoms with Gasteiger partial charge in [0, 0.05) is 12.7 Å². The molecule has 0 bridgehead atoms. The molecule has 2 rings (SSSR count). The smallest absolute Gasteiger partial charge is 0.254 e. The van der Waals surface area contributed by atoms with Crippen LogP contribution in [-0.2, 0) is 6.54 Å². The molecular formula is C15H15ClN2O3. The van der Waals surface area contributed by atoms with Crippen LogP contribution in [0.15, 0.2) is 36.5 Å². The zero-order valence-corrected chi connectivity index (χ0v) is 12.5. The fourth-order valence-electron chi connectivity index (χ4n) is 1.82. The number of ether oxygens (including phenoxy) is 2. The summed E-state index contributed by atoms with van der Waals surface area (Å²) < 4.78 is 10.4. The minimum Gasteiger partial charge on any atom is -0.493 e. The number of halogens is 1. The third-order valence-electron chi connectivity index (χ3n) is 2.90. The molecule has 0 aliphatic carbocycles. The normalized spacial score (nSPS) is 10.0. The maximum Gasteiger partial charge on any atom is 0.254 e. The SMILES string of the molecule is COc1ccc(CNC(=O)c2cccnc2Cl)cc1OC. The molecule has 0 spiro atoms. The van der Waals surface area contributed by atoms with Crippen molar-refractivity contribution in [2.45, 2.75) is 6.54 Å². The van der Waals surface area contributed by atoms with Gasteiger partial charge in [0.15, 0.2) is 11.5 Å². The van der Waals surface area contributed by atoms with Crippen molar-refractivity contribution in [1.82, 2.24) is 10.3 Å². The van der Waals surface area contributed by atoms with E-state index < -0.39 is 0 Å². The molecule has 1 heterocycles. The molecule has 0 radical (unpaired) electrons. The molecule has 1 amide bonds. The van der Waals surface area contributed by atoms with Gasteiger partial charge in [0.2, 0.25) is 0 Å². The molecule has 0 atom stereocenters. The molecule has 0 saturated heterocycles. The number of amides is 1. The van der Waals surface area contributed by atoms with E-state index in [0.717, 1.165) is 5.56 Å². The monoisotopic (exact) mass is 306 g/mol. The molecule has 0 fully saturated rings. The van der Waals surface area contributed by atoms with E-state index in [1.807, 2.05) is 12.1 Å². The maximum atomic E-state index is 12.0. The van der Waals surface area contributed by atoms with Gasteiger partial charge in [-0.1, -0.05) is 17.7 Å². The molecule has 6 heteroatoms. The molecule has 1 aromatic heterocycles. The van der Waals surface area contributed by atoms with E-state index >= 15 is 0 Å². The molecule has 1 aromatic carbocycles. The van der Waals surface area contributed by atoms with Gasteiger partial charge >= 0.3 is 0 Å². The quantitative estimate of drug-likeness (QED) is 0.863. The van der Waals surface area contributed by atoms with Gasteiger partial charge in [-0.2, -0.15) is 0 Å². The summed E-state index contributed by atoms with van der Waals surface area (Å²) in [7, 11) is 3.14. The van der Waals surface area contributed by atoms with Gasteiger partial charge in [-0.25, -0.2) is 4.98 Å². The molecule has 0 unspecified atom stereocenters. The van der Waals surface area contributed by atoms with Crippen LogP contribution in [0.25, 0.3) is 0 Å². The largest absolute Gasteiger partial charge is 0.493 e. The lowest BCUT2D eigenvalue weighted by Gasteiger charge is -2.10. The molecule has 0 aliphatic rings. The van der Waals surface area contributed by atoms with E-state index in [1.165, 1.54) is 6.20 Å². The minimum atomic E-state index is -0.275. The van der Waals surface area contributed by atoms with Gasteiger partial charge in [-0.05, 0) is 29.8 Å². The summed E-state index contributed by atoms with van der Waals surface area (Å²) in [6.45, 7) is 0.352. The standard InChI is InChI=1S/C15H15ClN2O3/c1-20-12-6-5-10(8-13(12)21-2)9-18-15(19)11-4-3-7-17-14(11)16/h3-8H,9H2,1-2H3,(H,18,19). The predicted octanol–water partition coefficient (Wildman–Crippen LogP) is 2.68. The lowest BCUT2D eigenvalue weighted by molar-refractivity contribution is 0.0950. The van der Waals surface area contributed by atoms with E-state index in [-0.39, 0.29) is 11.1 Å². The van der Waals surface area contributed by atoms with Gasteiger partial charge in [0.05, 0.1) is 19.8 Å². The number of nitrogens with zero attached hydrogens (tertiary/aromatic N) is 1. The minimum absolute atomic E-state index is 0.183. The Balaban J connectivity index is 2.06. The highest BCUT2D eigenvalue weighted by Crippen LogP contribution is 2.27. The number of methoxy groups -OCH3 is 2. The molecule has 21 heavy (non-hydrogen) atoms. The maximum absolute atomic E-state index is 12.0. The second-order valence-electron chi connectivity index (χ2n) is 4.21. The summed E-state index contributed by atoms with van der Waals surface area (Å²) >= 11 is 5.88. The van der Waals surface area contributed by atoms with Crippen LogP contribution in [0, 0.1) is 0 Å². The predicted molar refractivity (Wildman–Crippen MR) is 80.0 cm³/mol. The Hall–Kier alpha value is -2.27. The number of carbonyl (C=O) groups is 1. The molecule has 0 aliphatic heterocycles. The second kappa shape index (κ2) is 6.95. The number of nitrogens with one attached hydrogen (secondary N) is 1. The van der Waals surface area contributed by atoms with Gasteiger partial charge in [-0.3, -0.25) is 4.79 Å². The molecule has 1 N–H and O–H groups in total. The van der Waals surface area contributed by atoms with E-state index in [9.17, 15) is 4.79 Å². The average molecular weight is 307 g/mol. The van der Waals surface area contributed by atoms with Gasteiger partial charge in [-0.15, -0.1) is 0 Å². The van der Waals surface area contributed by atoms with Gasteiger partial charge in [0.25, 0.3) is 5.91 Å². The Labute approximate surface area is 127 Å². The van der Waals surface area contributed by atoms with E-state index in [2.05, 4.69) is 10.3 Å². The Morgan fingerprint density at radius 2 is 2.00 bits per heavy atom. The highest BCUT2D eigenvalue weighted by Gasteiger charge is 2.11. The summed E-state index contributed by atoms with van der Waals surface area (Å²) in [4.78, 5) is 15.9. The van der Waals surface area contributed by atoms with Crippen molar-refractivity contribution < 1.29 is 14.3 Å². The number of benzene rings is 1. The lowest BCUT2D eigenvalue weighted by atomic mass is 10.2. The summed E-state index contributed by atoms with van der Waals surface area (Å²) in [6.07, 6.45) is 1.54. The zero-order chi connectivity index (χ0) is 15.2. The summed E-state index contributed by atoms with van der Waals surface area (Å²) in [5.74, 6) is 0.981. The third kappa shape index (κ3) is 3.64. The summed E-state index contributed by atoms with van der Waals surface area (Å²) in [5.41, 5.74) is 1.24. The molecular weight excluding hydrogens is 292 g/mol. The fourth-order valence-corrected chi connectivity index (χ4v) is 2.03. The van der Waals surface area contributed by atoms with Crippen LogP contribution in [0.1, 0.15) is 15.9 Å². The topological polar surface area (TPSA) is 60.5 Å². The lowest BCUT2D eigenvalue weighted by Crippen LogP contribution is -2.23. The Morgan fingerprint density at radius 1 is 1.24 bits per heavy atom. The highest BCUT2D eigenvalue weighted by atomic mass is 35.5. The molecule has 110 valence electrons. The Bertz CT molecular complexity index is 647. The van der Waals surface area contributed by atoms with Crippen molar-refractivity contribution in [3.05, 3.63) is 52.8 Å². The number of hydrogen-bond donors (Lipinski definition) is 1. The first kappa shape index (κ1) is 15.1. The van der Waals surface area contributed by atoms with Crippen molar-refractivity contribution in [2.75, 3.05) is 14.2 Å². The number of hydrogen-bond acceptors (Lipinski definition) is 4. The van der Waals surface area contributed by atoms with Crippen LogP contribution >= 0.6 is 11.6 Å². The van der Waals surface area contributed by atoms with Crippen LogP contribution in [-0.4, -0.2) is 25.1 Å². The average Bonchev–Trinajstić information content (AvgIpc) is 2.52. The van der Waals surface area contributed by atoms with Gasteiger partial charge in [0.1, 0.15) is 5.15 Å². The van der Waals surface area contributed by atoms with Crippen molar-refractivity contribution in [1.29, 1.82) is 0 Å². The van der Waals surface area contributed by atoms with Gasteiger partial charge < -0.3 is 14.8 Å². The van der Waals surface area contributed by atoms with Crippen LogP contribution < -0.4 is 14.8 Å². The van der Waals surface area contributed by atoms with Crippen molar-refractivity contribution in [3.63, 3.8) is 0 Å². The van der Waals surface area contributed by atoms with Crippen LogP contribution in [0.3, 0.4) is 0 Å². The first-order valence-corrected chi connectivity index (χ1v) is 6.63. The molecule has 0 saturated carbocycles. The fraction of sp³-hybridized carbons (Fsp3) is 0.200. The summed E-state index contributed by atoms with van der Waals surface area (Å²) in [6, 6.07) is 8.74. The zero-order valence-electron chi connectivity index (χ0n) is 11.7. The summed E-state index contributed by atoms with van der Waals surface area (Å²) in [5, 5.41) is 2.97. The third-order valence-corrected chi connectivity index (χ3v) is 3.21. The van der Waals surface area contributed by atoms with E-state index in [4.69, 9.17) is 21.1 Å². The van der Waals surface area contributed by atoms with Crippen molar-refractivity contribution in [3.8, 4) is 11.5 Å². The second-order valence-corrected chi connectivity index (χ2v) is 4.57. The Morgan fingerprint density at radius 3 is 2.67 bits per heavy atom. The molecule has 2 aromatic rings. The van der Waals surface area contributed by atoms with Crippen LogP contribution in [0.2, 0.25) is 5.15 Å². The number of rotatable bonds is 5.